The number of nitrogens with zero attached hydrogens (tertiary/aromatic N) is 3. The lowest BCUT2D eigenvalue weighted by Gasteiger charge is -2.30. The lowest BCUT2D eigenvalue weighted by Crippen LogP contribution is -2.35. The van der Waals surface area contributed by atoms with E-state index in [-0.39, 0.29) is 12.4 Å². The number of aromatic nitrogens is 2. The zero-order valence-electron chi connectivity index (χ0n) is 14.8. The van der Waals surface area contributed by atoms with E-state index in [1.807, 2.05) is 23.7 Å². The second kappa shape index (κ2) is 9.42. The van der Waals surface area contributed by atoms with Crippen LogP contribution < -0.4 is 5.32 Å². The molecule has 6 heteroatoms. The molecule has 4 rings (SSSR count). The van der Waals surface area contributed by atoms with Crippen molar-refractivity contribution in [3.63, 3.8) is 0 Å². The Labute approximate surface area is 165 Å². The first kappa shape index (κ1) is 19.2. The molecule has 0 aliphatic carbocycles. The fraction of sp³-hybridized carbons (Fsp3) is 0.400. The Morgan fingerprint density at radius 1 is 1.08 bits per heavy atom. The number of fused-ring (bicyclic) bond motifs is 1. The van der Waals surface area contributed by atoms with Crippen molar-refractivity contribution in [3.8, 4) is 0 Å². The van der Waals surface area contributed by atoms with Gasteiger partial charge in [0.1, 0.15) is 6.33 Å². The molecule has 3 heterocycles. The third-order valence-electron chi connectivity index (χ3n) is 4.90. The molecule has 3 aromatic rings. The smallest absolute Gasteiger partial charge is 0.115 e. The summed E-state index contributed by atoms with van der Waals surface area (Å²) < 4.78 is 1.38. The van der Waals surface area contributed by atoms with E-state index in [1.54, 1.807) is 6.33 Å². The number of benzene rings is 1. The topological polar surface area (TPSA) is 41.1 Å². The van der Waals surface area contributed by atoms with Gasteiger partial charge in [0.15, 0.2) is 0 Å². The third kappa shape index (κ3) is 4.80. The van der Waals surface area contributed by atoms with E-state index >= 15 is 0 Å². The molecular weight excluding hydrogens is 364 g/mol. The second-order valence-electron chi connectivity index (χ2n) is 6.74. The predicted octanol–water partition coefficient (Wildman–Crippen LogP) is 4.26. The van der Waals surface area contributed by atoms with Crippen LogP contribution >= 0.6 is 23.7 Å². The van der Waals surface area contributed by atoms with Crippen LogP contribution in [0, 0.1) is 0 Å². The van der Waals surface area contributed by atoms with Crippen LogP contribution in [0.3, 0.4) is 0 Å². The fourth-order valence-electron chi connectivity index (χ4n) is 3.64. The Hall–Kier alpha value is -1.53. The summed E-state index contributed by atoms with van der Waals surface area (Å²) in [6.07, 6.45) is 9.21. The SMILES string of the molecule is Cl.c1ccc2sc(CN(Cc3cncnc3)C3CCCNCC3)cc2c1. The minimum atomic E-state index is 0. The zero-order chi connectivity index (χ0) is 16.9. The van der Waals surface area contributed by atoms with E-state index in [0.29, 0.717) is 6.04 Å². The molecule has 2 aromatic heterocycles. The fourth-order valence-corrected chi connectivity index (χ4v) is 4.73. The van der Waals surface area contributed by atoms with Gasteiger partial charge in [0, 0.05) is 46.7 Å². The van der Waals surface area contributed by atoms with E-state index in [1.165, 1.54) is 39.8 Å². The van der Waals surface area contributed by atoms with Crippen molar-refractivity contribution in [3.05, 3.63) is 59.5 Å². The highest BCUT2D eigenvalue weighted by atomic mass is 35.5. The molecule has 1 fully saturated rings. The standard InChI is InChI=1S/C20H24N4S.ClH/c1-2-6-20-17(4-1)10-19(25-20)14-24(13-16-11-22-15-23-12-16)18-5-3-8-21-9-7-18;/h1-2,4,6,10-12,15,18,21H,3,5,7-9,13-14H2;1H. The van der Waals surface area contributed by atoms with Gasteiger partial charge in [-0.3, -0.25) is 4.90 Å². The summed E-state index contributed by atoms with van der Waals surface area (Å²) in [5.74, 6) is 0. The highest BCUT2D eigenvalue weighted by molar-refractivity contribution is 7.19. The van der Waals surface area contributed by atoms with Gasteiger partial charge in [0.2, 0.25) is 0 Å². The van der Waals surface area contributed by atoms with Crippen LogP contribution in [0.5, 0.6) is 0 Å². The van der Waals surface area contributed by atoms with E-state index < -0.39 is 0 Å². The molecule has 1 atom stereocenters. The largest absolute Gasteiger partial charge is 0.317 e. The van der Waals surface area contributed by atoms with Crippen molar-refractivity contribution < 1.29 is 0 Å². The van der Waals surface area contributed by atoms with E-state index in [4.69, 9.17) is 0 Å². The van der Waals surface area contributed by atoms with Gasteiger partial charge in [0.05, 0.1) is 0 Å². The number of halogens is 1. The lowest BCUT2D eigenvalue weighted by atomic mass is 10.1. The van der Waals surface area contributed by atoms with Gasteiger partial charge >= 0.3 is 0 Å². The van der Waals surface area contributed by atoms with Gasteiger partial charge in [0.25, 0.3) is 0 Å². The minimum absolute atomic E-state index is 0. The van der Waals surface area contributed by atoms with Crippen molar-refractivity contribution in [1.82, 2.24) is 20.2 Å². The Balaban J connectivity index is 0.00000196. The molecule has 1 aliphatic rings. The molecule has 0 amide bonds. The molecule has 26 heavy (non-hydrogen) atoms. The molecule has 0 spiro atoms. The Kier molecular flexibility index (Phi) is 6.97. The first-order valence-corrected chi connectivity index (χ1v) is 9.86. The Bertz CT molecular complexity index is 767. The Morgan fingerprint density at radius 2 is 1.92 bits per heavy atom. The van der Waals surface area contributed by atoms with E-state index in [2.05, 4.69) is 50.5 Å². The molecule has 1 aromatic carbocycles. The summed E-state index contributed by atoms with van der Waals surface area (Å²) in [6, 6.07) is 11.6. The van der Waals surface area contributed by atoms with Gasteiger partial charge in [-0.15, -0.1) is 23.7 Å². The van der Waals surface area contributed by atoms with Gasteiger partial charge < -0.3 is 5.32 Å². The number of hydrogen-bond acceptors (Lipinski definition) is 5. The average molecular weight is 389 g/mol. The number of nitrogens with one attached hydrogen (secondary N) is 1. The van der Waals surface area contributed by atoms with Gasteiger partial charge in [-0.1, -0.05) is 18.2 Å². The summed E-state index contributed by atoms with van der Waals surface area (Å²) >= 11 is 1.92. The minimum Gasteiger partial charge on any atom is -0.317 e. The zero-order valence-corrected chi connectivity index (χ0v) is 16.4. The molecule has 1 saturated heterocycles. The Morgan fingerprint density at radius 3 is 2.77 bits per heavy atom. The summed E-state index contributed by atoms with van der Waals surface area (Å²) in [6.45, 7) is 4.17. The number of hydrogen-bond donors (Lipinski definition) is 1. The molecule has 0 saturated carbocycles. The number of rotatable bonds is 5. The molecule has 0 radical (unpaired) electrons. The van der Waals surface area contributed by atoms with Crippen LogP contribution in [0.25, 0.3) is 10.1 Å². The maximum absolute atomic E-state index is 4.20. The monoisotopic (exact) mass is 388 g/mol. The van der Waals surface area contributed by atoms with Crippen molar-refractivity contribution >= 4 is 33.8 Å². The quantitative estimate of drug-likeness (QED) is 0.709. The maximum Gasteiger partial charge on any atom is 0.115 e. The summed E-state index contributed by atoms with van der Waals surface area (Å²) in [5, 5.41) is 4.89. The summed E-state index contributed by atoms with van der Waals surface area (Å²) in [7, 11) is 0. The van der Waals surface area contributed by atoms with E-state index in [9.17, 15) is 0 Å². The molecule has 1 N–H and O–H groups in total. The molecule has 1 unspecified atom stereocenters. The van der Waals surface area contributed by atoms with Crippen LogP contribution in [-0.2, 0) is 13.1 Å². The lowest BCUT2D eigenvalue weighted by molar-refractivity contribution is 0.165. The van der Waals surface area contributed by atoms with Gasteiger partial charge in [-0.2, -0.15) is 0 Å². The van der Waals surface area contributed by atoms with Crippen molar-refractivity contribution in [2.24, 2.45) is 0 Å². The van der Waals surface area contributed by atoms with Gasteiger partial charge in [-0.25, -0.2) is 9.97 Å². The molecule has 4 nitrogen and oxygen atoms in total. The van der Waals surface area contributed by atoms with Crippen molar-refractivity contribution in [1.29, 1.82) is 0 Å². The summed E-state index contributed by atoms with van der Waals surface area (Å²) in [4.78, 5) is 12.5. The average Bonchev–Trinajstić information content (AvgIpc) is 2.86. The van der Waals surface area contributed by atoms with Gasteiger partial charge in [-0.05, 0) is 49.9 Å². The molecule has 138 valence electrons. The van der Waals surface area contributed by atoms with Crippen LogP contribution in [0.15, 0.2) is 49.1 Å². The first-order valence-electron chi connectivity index (χ1n) is 9.04. The molecular formula is C20H25ClN4S. The molecule has 0 bridgehead atoms. The van der Waals surface area contributed by atoms with Crippen LogP contribution in [0.1, 0.15) is 29.7 Å². The van der Waals surface area contributed by atoms with Crippen LogP contribution in [0.2, 0.25) is 0 Å². The number of thiophene rings is 1. The first-order chi connectivity index (χ1) is 12.4. The maximum atomic E-state index is 4.20. The van der Waals surface area contributed by atoms with Crippen LogP contribution in [-0.4, -0.2) is 34.0 Å². The highest BCUT2D eigenvalue weighted by Crippen LogP contribution is 2.28. The highest BCUT2D eigenvalue weighted by Gasteiger charge is 2.21. The van der Waals surface area contributed by atoms with Crippen molar-refractivity contribution in [2.75, 3.05) is 13.1 Å². The predicted molar refractivity (Wildman–Crippen MR) is 111 cm³/mol. The van der Waals surface area contributed by atoms with Crippen molar-refractivity contribution in [2.45, 2.75) is 38.4 Å². The normalized spacial score (nSPS) is 17.8. The third-order valence-corrected chi connectivity index (χ3v) is 6.00. The summed E-state index contributed by atoms with van der Waals surface area (Å²) in [5.41, 5.74) is 1.20. The molecule has 1 aliphatic heterocycles. The second-order valence-corrected chi connectivity index (χ2v) is 7.91. The van der Waals surface area contributed by atoms with Crippen LogP contribution in [0.4, 0.5) is 0 Å². The van der Waals surface area contributed by atoms with E-state index in [0.717, 1.165) is 26.2 Å².